The second-order valence-corrected chi connectivity index (χ2v) is 5.56. The summed E-state index contributed by atoms with van der Waals surface area (Å²) in [6.07, 6.45) is 2.69. The maximum atomic E-state index is 10.2. The first-order valence-electron chi connectivity index (χ1n) is 8.49. The fourth-order valence-electron chi connectivity index (χ4n) is 2.39. The highest BCUT2D eigenvalue weighted by Crippen LogP contribution is 2.27. The molecule has 26 heavy (non-hydrogen) atoms. The number of aromatic nitrogens is 1. The van der Waals surface area contributed by atoms with Gasteiger partial charge in [0.25, 0.3) is 0 Å². The van der Waals surface area contributed by atoms with E-state index in [1.165, 1.54) is 0 Å². The van der Waals surface area contributed by atoms with Crippen LogP contribution in [0.2, 0.25) is 0 Å². The monoisotopic (exact) mass is 358 g/mol. The zero-order chi connectivity index (χ0) is 18.8. The second kappa shape index (κ2) is 10.2. The molecule has 0 aliphatic carbocycles. The van der Waals surface area contributed by atoms with Gasteiger partial charge in [-0.15, -0.1) is 0 Å². The summed E-state index contributed by atoms with van der Waals surface area (Å²) < 4.78 is 10.6. The van der Waals surface area contributed by atoms with Gasteiger partial charge in [-0.1, -0.05) is 6.07 Å². The van der Waals surface area contributed by atoms with Crippen LogP contribution >= 0.6 is 0 Å². The molecule has 0 saturated carbocycles. The molecule has 0 aliphatic heterocycles. The van der Waals surface area contributed by atoms with E-state index in [9.17, 15) is 5.11 Å². The van der Waals surface area contributed by atoms with Gasteiger partial charge in [0.1, 0.15) is 0 Å². The number of nitrogens with one attached hydrogen (secondary N) is 2. The van der Waals surface area contributed by atoms with Crippen molar-refractivity contribution >= 4 is 5.96 Å². The lowest BCUT2D eigenvalue weighted by Crippen LogP contribution is -2.39. The molecule has 0 radical (unpaired) electrons. The Labute approximate surface area is 154 Å². The Morgan fingerprint density at radius 2 is 1.85 bits per heavy atom. The molecule has 1 aromatic carbocycles. The summed E-state index contributed by atoms with van der Waals surface area (Å²) in [6, 6.07) is 9.29. The lowest BCUT2D eigenvalue weighted by atomic mass is 10.1. The maximum absolute atomic E-state index is 10.2. The molecule has 3 N–H and O–H groups in total. The van der Waals surface area contributed by atoms with Gasteiger partial charge >= 0.3 is 0 Å². The van der Waals surface area contributed by atoms with Crippen LogP contribution in [0.5, 0.6) is 11.5 Å². The number of benzene rings is 1. The van der Waals surface area contributed by atoms with Gasteiger partial charge in [-0.2, -0.15) is 0 Å². The van der Waals surface area contributed by atoms with E-state index in [0.717, 1.165) is 17.7 Å². The number of hydrogen-bond acceptors (Lipinski definition) is 5. The van der Waals surface area contributed by atoms with E-state index in [0.29, 0.717) is 30.5 Å². The third-order valence-electron chi connectivity index (χ3n) is 3.77. The van der Waals surface area contributed by atoms with E-state index < -0.39 is 6.10 Å². The van der Waals surface area contributed by atoms with Gasteiger partial charge in [0, 0.05) is 25.5 Å². The van der Waals surface area contributed by atoms with Crippen LogP contribution in [-0.4, -0.2) is 43.4 Å². The zero-order valence-electron chi connectivity index (χ0n) is 15.4. The van der Waals surface area contributed by atoms with Gasteiger partial charge in [0.05, 0.1) is 26.9 Å². The summed E-state index contributed by atoms with van der Waals surface area (Å²) in [5.41, 5.74) is 1.80. The molecule has 0 bridgehead atoms. The molecule has 7 heteroatoms. The summed E-state index contributed by atoms with van der Waals surface area (Å²) in [4.78, 5) is 8.51. The molecule has 2 rings (SSSR count). The number of hydrogen-bond donors (Lipinski definition) is 3. The van der Waals surface area contributed by atoms with Crippen molar-refractivity contribution in [3.05, 3.63) is 53.9 Å². The van der Waals surface area contributed by atoms with Crippen LogP contribution in [0.1, 0.15) is 24.2 Å². The first kappa shape index (κ1) is 19.5. The van der Waals surface area contributed by atoms with Crippen molar-refractivity contribution in [2.75, 3.05) is 27.3 Å². The predicted octanol–water partition coefficient (Wildman–Crippen LogP) is 1.89. The standard InChI is InChI=1S/C19H26N4O3/c1-4-21-19(23-13-16(24)15-7-9-20-10-8-15)22-12-14-5-6-17(25-2)18(11-14)26-3/h5-11,16,24H,4,12-13H2,1-3H3,(H2,21,22,23). The van der Waals surface area contributed by atoms with Crippen LogP contribution in [0.25, 0.3) is 0 Å². The Morgan fingerprint density at radius 1 is 1.12 bits per heavy atom. The Kier molecular flexibility index (Phi) is 7.70. The van der Waals surface area contributed by atoms with Gasteiger partial charge in [-0.25, -0.2) is 4.99 Å². The van der Waals surface area contributed by atoms with Crippen LogP contribution < -0.4 is 20.1 Å². The van der Waals surface area contributed by atoms with Crippen molar-refractivity contribution in [1.82, 2.24) is 15.6 Å². The van der Waals surface area contributed by atoms with Crippen LogP contribution in [-0.2, 0) is 6.54 Å². The molecule has 1 unspecified atom stereocenters. The molecule has 1 atom stereocenters. The smallest absolute Gasteiger partial charge is 0.191 e. The first-order valence-corrected chi connectivity index (χ1v) is 8.49. The Hall–Kier alpha value is -2.80. The van der Waals surface area contributed by atoms with Crippen molar-refractivity contribution in [3.63, 3.8) is 0 Å². The van der Waals surface area contributed by atoms with Gasteiger partial charge in [0.2, 0.25) is 0 Å². The fraction of sp³-hybridized carbons (Fsp3) is 0.368. The van der Waals surface area contributed by atoms with Crippen molar-refractivity contribution in [2.24, 2.45) is 4.99 Å². The number of nitrogens with zero attached hydrogens (tertiary/aromatic N) is 2. The van der Waals surface area contributed by atoms with E-state index in [4.69, 9.17) is 9.47 Å². The lowest BCUT2D eigenvalue weighted by molar-refractivity contribution is 0.180. The number of guanidine groups is 1. The number of aliphatic imine (C=N–C) groups is 1. The summed E-state index contributed by atoms with van der Waals surface area (Å²) in [7, 11) is 3.22. The molecule has 2 aromatic rings. The summed E-state index contributed by atoms with van der Waals surface area (Å²) in [5.74, 6) is 1.99. The SMILES string of the molecule is CCNC(=NCc1ccc(OC)c(OC)c1)NCC(O)c1ccncc1. The van der Waals surface area contributed by atoms with Crippen molar-refractivity contribution in [2.45, 2.75) is 19.6 Å². The molecule has 0 aliphatic rings. The Balaban J connectivity index is 2.00. The number of rotatable bonds is 8. The number of aliphatic hydroxyl groups excluding tert-OH is 1. The van der Waals surface area contributed by atoms with Gasteiger partial charge in [0.15, 0.2) is 17.5 Å². The Morgan fingerprint density at radius 3 is 2.50 bits per heavy atom. The number of aliphatic hydroxyl groups is 1. The minimum Gasteiger partial charge on any atom is -0.493 e. The maximum Gasteiger partial charge on any atom is 0.191 e. The molecule has 140 valence electrons. The average Bonchev–Trinajstić information content (AvgIpc) is 2.70. The molecular formula is C19H26N4O3. The number of methoxy groups -OCH3 is 2. The molecule has 1 aromatic heterocycles. The molecule has 1 heterocycles. The number of pyridine rings is 1. The summed E-state index contributed by atoms with van der Waals surface area (Å²) >= 11 is 0. The van der Waals surface area contributed by atoms with Gasteiger partial charge in [-0.05, 0) is 42.3 Å². The molecule has 0 spiro atoms. The summed E-state index contributed by atoms with van der Waals surface area (Å²) in [6.45, 7) is 3.54. The number of ether oxygens (including phenoxy) is 2. The van der Waals surface area contributed by atoms with E-state index in [2.05, 4.69) is 20.6 Å². The van der Waals surface area contributed by atoms with E-state index in [-0.39, 0.29) is 0 Å². The largest absolute Gasteiger partial charge is 0.493 e. The van der Waals surface area contributed by atoms with Gasteiger partial charge in [-0.3, -0.25) is 4.98 Å². The third kappa shape index (κ3) is 5.63. The summed E-state index contributed by atoms with van der Waals surface area (Å²) in [5, 5.41) is 16.6. The molecule has 0 amide bonds. The van der Waals surface area contributed by atoms with E-state index in [1.54, 1.807) is 38.7 Å². The predicted molar refractivity (Wildman–Crippen MR) is 102 cm³/mol. The molecular weight excluding hydrogens is 332 g/mol. The van der Waals surface area contributed by atoms with Crippen molar-refractivity contribution in [3.8, 4) is 11.5 Å². The second-order valence-electron chi connectivity index (χ2n) is 5.56. The highest BCUT2D eigenvalue weighted by atomic mass is 16.5. The fourth-order valence-corrected chi connectivity index (χ4v) is 2.39. The van der Waals surface area contributed by atoms with Crippen molar-refractivity contribution in [1.29, 1.82) is 0 Å². The molecule has 7 nitrogen and oxygen atoms in total. The van der Waals surface area contributed by atoms with E-state index in [1.807, 2.05) is 25.1 Å². The zero-order valence-corrected chi connectivity index (χ0v) is 15.4. The van der Waals surface area contributed by atoms with Crippen LogP contribution in [0.3, 0.4) is 0 Å². The topological polar surface area (TPSA) is 88.0 Å². The third-order valence-corrected chi connectivity index (χ3v) is 3.77. The Bertz CT molecular complexity index is 707. The average molecular weight is 358 g/mol. The normalized spacial score (nSPS) is 12.4. The van der Waals surface area contributed by atoms with Crippen LogP contribution in [0.15, 0.2) is 47.7 Å². The van der Waals surface area contributed by atoms with Crippen molar-refractivity contribution < 1.29 is 14.6 Å². The lowest BCUT2D eigenvalue weighted by Gasteiger charge is -2.15. The van der Waals surface area contributed by atoms with Crippen LogP contribution in [0.4, 0.5) is 0 Å². The minimum atomic E-state index is -0.636. The highest BCUT2D eigenvalue weighted by Gasteiger charge is 2.08. The van der Waals surface area contributed by atoms with Crippen LogP contribution in [0, 0.1) is 0 Å². The molecule has 0 fully saturated rings. The quantitative estimate of drug-likeness (QED) is 0.493. The highest BCUT2D eigenvalue weighted by molar-refractivity contribution is 5.79. The minimum absolute atomic E-state index is 0.349. The van der Waals surface area contributed by atoms with Gasteiger partial charge < -0.3 is 25.2 Å². The van der Waals surface area contributed by atoms with E-state index >= 15 is 0 Å². The molecule has 0 saturated heterocycles. The first-order chi connectivity index (χ1) is 12.7.